The summed E-state index contributed by atoms with van der Waals surface area (Å²) in [7, 11) is 0. The predicted molar refractivity (Wildman–Crippen MR) is 114 cm³/mol. The number of anilines is 2. The zero-order chi connectivity index (χ0) is 23.1. The summed E-state index contributed by atoms with van der Waals surface area (Å²) in [5.41, 5.74) is -0.138. The van der Waals surface area contributed by atoms with Gasteiger partial charge in [-0.3, -0.25) is 20.2 Å². The van der Waals surface area contributed by atoms with E-state index in [4.69, 9.17) is 9.26 Å². The van der Waals surface area contributed by atoms with Gasteiger partial charge in [0.25, 0.3) is 0 Å². The minimum absolute atomic E-state index is 0.0214. The molecule has 1 saturated carbocycles. The Kier molecular flexibility index (Phi) is 4.26. The minimum atomic E-state index is -1.74. The monoisotopic (exact) mass is 457 g/mol. The summed E-state index contributed by atoms with van der Waals surface area (Å²) < 4.78 is 27.0. The number of carbonyl (C=O) groups is 3. The van der Waals surface area contributed by atoms with Crippen LogP contribution in [0.4, 0.5) is 20.7 Å². The van der Waals surface area contributed by atoms with E-state index in [9.17, 15) is 14.4 Å². The van der Waals surface area contributed by atoms with Crippen LogP contribution >= 0.6 is 0 Å². The number of nitrogens with one attached hydrogen (secondary N) is 3. The number of barbiturate groups is 1. The van der Waals surface area contributed by atoms with Gasteiger partial charge in [0.15, 0.2) is 23.1 Å². The van der Waals surface area contributed by atoms with E-state index in [1.165, 1.54) is 17.7 Å². The molecule has 1 aliphatic carbocycles. The van der Waals surface area contributed by atoms with Crippen molar-refractivity contribution in [1.29, 1.82) is 0 Å². The van der Waals surface area contributed by atoms with E-state index in [1.54, 1.807) is 26.0 Å². The van der Waals surface area contributed by atoms with Gasteiger partial charge in [0.2, 0.25) is 11.8 Å². The number of hydrogen-bond acceptors (Lipinski definition) is 8. The Labute approximate surface area is 188 Å². The Hall–Kier alpha value is -3.21. The molecule has 1 unspecified atom stereocenters. The van der Waals surface area contributed by atoms with Crippen LogP contribution < -0.4 is 20.9 Å². The fourth-order valence-electron chi connectivity index (χ4n) is 5.49. The fraction of sp³-hybridized carbons (Fsp3) is 0.545. The minimum Gasteiger partial charge on any atom is -0.368 e. The zero-order valence-electron chi connectivity index (χ0n) is 18.2. The number of amides is 4. The second kappa shape index (κ2) is 6.89. The van der Waals surface area contributed by atoms with E-state index in [2.05, 4.69) is 21.1 Å². The third kappa shape index (κ3) is 2.87. The van der Waals surface area contributed by atoms with Crippen LogP contribution in [0.1, 0.15) is 32.3 Å². The van der Waals surface area contributed by atoms with Gasteiger partial charge in [0, 0.05) is 18.3 Å². The average molecular weight is 457 g/mol. The quantitative estimate of drug-likeness (QED) is 0.471. The molecular formula is C22H24FN5O5. The molecular weight excluding hydrogens is 433 g/mol. The molecule has 1 spiro atoms. The van der Waals surface area contributed by atoms with Crippen LogP contribution in [0.5, 0.6) is 0 Å². The first kappa shape index (κ1) is 20.4. The van der Waals surface area contributed by atoms with Gasteiger partial charge >= 0.3 is 6.03 Å². The number of fused-ring (bicyclic) bond motifs is 5. The van der Waals surface area contributed by atoms with Gasteiger partial charge in [-0.05, 0) is 50.7 Å². The molecule has 0 bridgehead atoms. The lowest BCUT2D eigenvalue weighted by Crippen LogP contribution is -2.76. The summed E-state index contributed by atoms with van der Waals surface area (Å²) in [5, 5.41) is 12.5. The van der Waals surface area contributed by atoms with Crippen molar-refractivity contribution in [2.45, 2.75) is 57.7 Å². The first-order chi connectivity index (χ1) is 15.8. The second-order valence-electron chi connectivity index (χ2n) is 9.49. The molecule has 3 aliphatic heterocycles. The number of rotatable bonds is 3. The third-order valence-electron chi connectivity index (χ3n) is 7.27. The Bertz CT molecular complexity index is 1170. The maximum Gasteiger partial charge on any atom is 0.328 e. The van der Waals surface area contributed by atoms with Gasteiger partial charge in [-0.25, -0.2) is 9.18 Å². The van der Waals surface area contributed by atoms with E-state index in [-0.39, 0.29) is 6.42 Å². The first-order valence-corrected chi connectivity index (χ1v) is 11.2. The highest BCUT2D eigenvalue weighted by molar-refractivity contribution is 6.20. The molecule has 3 fully saturated rings. The normalized spacial score (nSPS) is 30.6. The molecule has 33 heavy (non-hydrogen) atoms. The molecule has 0 radical (unpaired) electrons. The van der Waals surface area contributed by atoms with Gasteiger partial charge < -0.3 is 19.5 Å². The molecule has 1 aromatic carbocycles. The molecule has 2 saturated heterocycles. The Morgan fingerprint density at radius 2 is 1.91 bits per heavy atom. The van der Waals surface area contributed by atoms with Crippen molar-refractivity contribution in [3.05, 3.63) is 17.7 Å². The predicted octanol–water partition coefficient (Wildman–Crippen LogP) is 1.84. The van der Waals surface area contributed by atoms with Crippen molar-refractivity contribution >= 4 is 40.3 Å². The van der Waals surface area contributed by atoms with Crippen LogP contribution in [-0.4, -0.2) is 54.1 Å². The number of nitrogens with zero attached hydrogens (tertiary/aromatic N) is 2. The van der Waals surface area contributed by atoms with E-state index in [0.29, 0.717) is 34.0 Å². The van der Waals surface area contributed by atoms with Crippen molar-refractivity contribution in [2.75, 3.05) is 16.8 Å². The number of urea groups is 1. The number of morpholine rings is 1. The maximum absolute atomic E-state index is 15.7. The lowest BCUT2D eigenvalue weighted by Gasteiger charge is -2.56. The Morgan fingerprint density at radius 3 is 2.61 bits per heavy atom. The maximum atomic E-state index is 15.7. The van der Waals surface area contributed by atoms with E-state index in [0.717, 1.165) is 6.54 Å². The van der Waals surface area contributed by atoms with E-state index >= 15 is 4.39 Å². The van der Waals surface area contributed by atoms with Crippen molar-refractivity contribution in [3.63, 3.8) is 0 Å². The molecule has 4 amide bonds. The van der Waals surface area contributed by atoms with Crippen molar-refractivity contribution < 1.29 is 28.0 Å². The van der Waals surface area contributed by atoms with Gasteiger partial charge in [0.05, 0.1) is 17.5 Å². The van der Waals surface area contributed by atoms with Gasteiger partial charge in [-0.2, -0.15) is 0 Å². The molecule has 11 heteroatoms. The lowest BCUT2D eigenvalue weighted by atomic mass is 9.66. The molecule has 4 atom stereocenters. The molecule has 6 rings (SSSR count). The zero-order valence-corrected chi connectivity index (χ0v) is 18.2. The topological polar surface area (TPSA) is 126 Å². The highest BCUT2D eigenvalue weighted by Gasteiger charge is 2.64. The highest BCUT2D eigenvalue weighted by atomic mass is 19.1. The fourth-order valence-corrected chi connectivity index (χ4v) is 5.49. The first-order valence-electron chi connectivity index (χ1n) is 11.2. The smallest absolute Gasteiger partial charge is 0.328 e. The van der Waals surface area contributed by atoms with Crippen LogP contribution in [0.25, 0.3) is 11.0 Å². The molecule has 2 aromatic rings. The largest absolute Gasteiger partial charge is 0.368 e. The summed E-state index contributed by atoms with van der Waals surface area (Å²) in [5.74, 6) is -0.323. The number of alkyl halides is 1. The molecule has 4 heterocycles. The lowest BCUT2D eigenvalue weighted by molar-refractivity contribution is -0.159. The van der Waals surface area contributed by atoms with Crippen LogP contribution in [-0.2, 0) is 20.7 Å². The Morgan fingerprint density at radius 1 is 1.18 bits per heavy atom. The van der Waals surface area contributed by atoms with Crippen molar-refractivity contribution in [2.24, 2.45) is 11.3 Å². The van der Waals surface area contributed by atoms with E-state index < -0.39 is 47.8 Å². The standard InChI is InChI=1S/C22H24FN5O5/c1-9-16-22(19(29)25-21(31)26-20(22)30)7-12-5-13-15(33-27-18(13)24-8-11-3-4-11)6-14(12)28(16)17(23)10(2)32-9/h5-6,9-11,16-17H,3-4,7-8H2,1-2H3,(H,24,27)(H2,25,26,29,30,31)/t9-,10+,16+,17?/m1/s1. The molecule has 10 nitrogen and oxygen atoms in total. The number of carbonyl (C=O) groups excluding carboxylic acids is 3. The van der Waals surface area contributed by atoms with Crippen LogP contribution in [0.2, 0.25) is 0 Å². The second-order valence-corrected chi connectivity index (χ2v) is 9.49. The van der Waals surface area contributed by atoms with Crippen molar-refractivity contribution in [1.82, 2.24) is 15.8 Å². The van der Waals surface area contributed by atoms with Crippen LogP contribution in [0, 0.1) is 11.3 Å². The molecule has 1 aromatic heterocycles. The van der Waals surface area contributed by atoms with Crippen molar-refractivity contribution in [3.8, 4) is 0 Å². The number of ether oxygens (including phenoxy) is 1. The summed E-state index contributed by atoms with van der Waals surface area (Å²) in [6, 6.07) is 1.66. The highest BCUT2D eigenvalue weighted by Crippen LogP contribution is 2.49. The van der Waals surface area contributed by atoms with Crippen LogP contribution in [0.3, 0.4) is 0 Å². The summed E-state index contributed by atoms with van der Waals surface area (Å²) in [6.45, 7) is 4.09. The molecule has 3 N–H and O–H groups in total. The molecule has 174 valence electrons. The number of hydrogen-bond donors (Lipinski definition) is 3. The van der Waals surface area contributed by atoms with Crippen LogP contribution in [0.15, 0.2) is 16.7 Å². The van der Waals surface area contributed by atoms with E-state index in [1.807, 2.05) is 0 Å². The van der Waals surface area contributed by atoms with Gasteiger partial charge in [-0.1, -0.05) is 5.16 Å². The Balaban J connectivity index is 1.52. The van der Waals surface area contributed by atoms with Gasteiger partial charge in [-0.15, -0.1) is 0 Å². The number of benzene rings is 1. The number of imide groups is 2. The number of halogens is 1. The summed E-state index contributed by atoms with van der Waals surface area (Å²) in [4.78, 5) is 39.7. The average Bonchev–Trinajstić information content (AvgIpc) is 3.52. The number of aromatic nitrogens is 1. The summed E-state index contributed by atoms with van der Waals surface area (Å²) >= 11 is 0. The third-order valence-corrected chi connectivity index (χ3v) is 7.27. The SMILES string of the molecule is C[C@@H]1O[C@H](C)[C@@H]2N(c3cc4onc(NCC5CC5)c4cc3CC23C(=O)NC(=O)NC3=O)C1F. The molecule has 4 aliphatic rings. The van der Waals surface area contributed by atoms with Gasteiger partial charge in [0.1, 0.15) is 6.10 Å². The summed E-state index contributed by atoms with van der Waals surface area (Å²) in [6.07, 6.45) is -0.741.